The van der Waals surface area contributed by atoms with Gasteiger partial charge < -0.3 is 0 Å². The summed E-state index contributed by atoms with van der Waals surface area (Å²) in [6.45, 7) is 1.60. The van der Waals surface area contributed by atoms with Crippen molar-refractivity contribution >= 4 is 38.1 Å². The number of carbonyl (C=O) groups excluding carboxylic acids is 1. The first kappa shape index (κ1) is 23.1. The lowest BCUT2D eigenvalue weighted by Crippen LogP contribution is -2.10. The second-order valence-electron chi connectivity index (χ2n) is 7.71. The van der Waals surface area contributed by atoms with E-state index in [0.717, 1.165) is 10.9 Å². The van der Waals surface area contributed by atoms with E-state index < -0.39 is 9.84 Å². The van der Waals surface area contributed by atoms with E-state index in [4.69, 9.17) is 16.7 Å². The molecule has 0 radical (unpaired) electrons. The highest BCUT2D eigenvalue weighted by Crippen LogP contribution is 2.34. The molecule has 1 aromatic heterocycles. The summed E-state index contributed by atoms with van der Waals surface area (Å²) in [5.74, 6) is -0.454. The first-order chi connectivity index (χ1) is 15.8. The van der Waals surface area contributed by atoms with Crippen molar-refractivity contribution in [3.8, 4) is 16.9 Å². The number of sulfone groups is 1. The van der Waals surface area contributed by atoms with E-state index in [-0.39, 0.29) is 35.9 Å². The molecule has 0 saturated heterocycles. The first-order valence-electron chi connectivity index (χ1n) is 10.6. The summed E-state index contributed by atoms with van der Waals surface area (Å²) in [7, 11) is -3.12. The van der Waals surface area contributed by atoms with Crippen LogP contribution >= 0.6 is 11.6 Å². The number of fused-ring (bicyclic) bond motifs is 1. The Labute approximate surface area is 196 Å². The molecule has 8 heteroatoms. The molecule has 0 bridgehead atoms. The van der Waals surface area contributed by atoms with Crippen molar-refractivity contribution in [3.63, 3.8) is 0 Å². The number of halogens is 2. The smallest absolute Gasteiger partial charge is 0.162 e. The van der Waals surface area contributed by atoms with Gasteiger partial charge in [-0.2, -0.15) is 5.10 Å². The number of ketones is 1. The molecule has 0 N–H and O–H groups in total. The molecule has 0 unspecified atom stereocenters. The van der Waals surface area contributed by atoms with Gasteiger partial charge in [0, 0.05) is 28.7 Å². The van der Waals surface area contributed by atoms with E-state index in [1.807, 2.05) is 24.3 Å². The molecule has 1 heterocycles. The van der Waals surface area contributed by atoms with Gasteiger partial charge in [-0.25, -0.2) is 17.5 Å². The van der Waals surface area contributed by atoms with Gasteiger partial charge in [0.05, 0.1) is 22.0 Å². The predicted octanol–water partition coefficient (Wildman–Crippen LogP) is 5.88. The van der Waals surface area contributed by atoms with Gasteiger partial charge in [-0.15, -0.1) is 0 Å². The van der Waals surface area contributed by atoms with E-state index in [9.17, 15) is 17.6 Å². The van der Waals surface area contributed by atoms with Gasteiger partial charge in [-0.1, -0.05) is 42.8 Å². The number of hydrogen-bond donors (Lipinski definition) is 0. The number of hydrogen-bond acceptors (Lipinski definition) is 4. The fourth-order valence-electron chi connectivity index (χ4n) is 3.66. The van der Waals surface area contributed by atoms with Crippen LogP contribution in [0.4, 0.5) is 4.39 Å². The van der Waals surface area contributed by atoms with Crippen molar-refractivity contribution in [2.45, 2.75) is 19.8 Å². The fraction of sp³-hybridized carbons (Fsp3) is 0.200. The van der Waals surface area contributed by atoms with Crippen molar-refractivity contribution in [3.05, 3.63) is 83.1 Å². The molecule has 0 aliphatic carbocycles. The van der Waals surface area contributed by atoms with Crippen LogP contribution in [-0.2, 0) is 9.84 Å². The highest BCUT2D eigenvalue weighted by Gasteiger charge is 2.18. The second kappa shape index (κ2) is 9.45. The van der Waals surface area contributed by atoms with Crippen LogP contribution in [0.25, 0.3) is 27.8 Å². The zero-order chi connectivity index (χ0) is 23.6. The Morgan fingerprint density at radius 3 is 2.48 bits per heavy atom. The Balaban J connectivity index is 1.77. The third kappa shape index (κ3) is 4.99. The topological polar surface area (TPSA) is 69.0 Å². The molecular formula is C25H22ClFN2O3S. The average Bonchev–Trinajstić information content (AvgIpc) is 3.18. The lowest BCUT2D eigenvalue weighted by atomic mass is 10.0. The maximum Gasteiger partial charge on any atom is 0.162 e. The molecule has 0 spiro atoms. The van der Waals surface area contributed by atoms with Crippen molar-refractivity contribution in [2.24, 2.45) is 0 Å². The molecule has 0 aliphatic rings. The average molecular weight is 485 g/mol. The van der Waals surface area contributed by atoms with Gasteiger partial charge in [0.2, 0.25) is 0 Å². The Morgan fingerprint density at radius 2 is 1.79 bits per heavy atom. The van der Waals surface area contributed by atoms with Crippen LogP contribution in [-0.4, -0.2) is 35.5 Å². The van der Waals surface area contributed by atoms with Gasteiger partial charge in [0.25, 0.3) is 0 Å². The monoisotopic (exact) mass is 484 g/mol. The van der Waals surface area contributed by atoms with E-state index in [1.54, 1.807) is 41.9 Å². The van der Waals surface area contributed by atoms with Crippen LogP contribution in [0.5, 0.6) is 0 Å². The molecule has 0 fully saturated rings. The summed E-state index contributed by atoms with van der Waals surface area (Å²) >= 11 is 6.42. The molecule has 5 nitrogen and oxygen atoms in total. The molecule has 0 aliphatic heterocycles. The number of aromatic nitrogens is 2. The molecule has 0 saturated carbocycles. The minimum atomic E-state index is -3.12. The van der Waals surface area contributed by atoms with Crippen molar-refractivity contribution < 1.29 is 17.6 Å². The van der Waals surface area contributed by atoms with E-state index in [1.165, 1.54) is 12.1 Å². The second-order valence-corrected chi connectivity index (χ2v) is 10.6. The molecule has 3 aromatic carbocycles. The van der Waals surface area contributed by atoms with Gasteiger partial charge >= 0.3 is 0 Å². The lowest BCUT2D eigenvalue weighted by Gasteiger charge is -2.06. The van der Waals surface area contributed by atoms with Crippen LogP contribution in [0, 0.1) is 5.82 Å². The Kier molecular flexibility index (Phi) is 6.63. The minimum absolute atomic E-state index is 0.0123. The van der Waals surface area contributed by atoms with Crippen LogP contribution in [0.3, 0.4) is 0 Å². The molecule has 4 aromatic rings. The van der Waals surface area contributed by atoms with Crippen LogP contribution in [0.15, 0.2) is 66.7 Å². The number of Topliss-reactive ketones (excluding diaryl/α,β-unsaturated/α-hetero) is 1. The Morgan fingerprint density at radius 1 is 1.06 bits per heavy atom. The highest BCUT2D eigenvalue weighted by atomic mass is 35.5. The minimum Gasteiger partial charge on any atom is -0.294 e. The molecule has 0 atom stereocenters. The van der Waals surface area contributed by atoms with E-state index in [0.29, 0.717) is 27.5 Å². The number of benzene rings is 3. The summed E-state index contributed by atoms with van der Waals surface area (Å²) in [5.41, 5.74) is 3.16. The standard InChI is InChI=1S/C25H22ClFN2O3S/c1-2-33(31,32)15-5-8-24(30)17-9-14-21-23(16-17)29(19-12-10-18(27)11-13-19)28-25(21)20-6-3-4-7-22(20)26/h3-4,6-7,9-14,16H,2,5,8,15H2,1H3. The zero-order valence-electron chi connectivity index (χ0n) is 18.0. The van der Waals surface area contributed by atoms with Crippen LogP contribution < -0.4 is 0 Å². The third-order valence-corrected chi connectivity index (χ3v) is 7.62. The number of carbonyl (C=O) groups is 1. The number of rotatable bonds is 8. The molecule has 4 rings (SSSR count). The first-order valence-corrected chi connectivity index (χ1v) is 12.8. The van der Waals surface area contributed by atoms with Gasteiger partial charge in [0.1, 0.15) is 21.3 Å². The van der Waals surface area contributed by atoms with Crippen LogP contribution in [0.2, 0.25) is 5.02 Å². The quantitative estimate of drug-likeness (QED) is 0.293. The maximum absolute atomic E-state index is 13.5. The normalized spacial score (nSPS) is 11.7. The molecule has 33 heavy (non-hydrogen) atoms. The molecule has 170 valence electrons. The molecule has 0 amide bonds. The summed E-state index contributed by atoms with van der Waals surface area (Å²) in [6, 6.07) is 18.5. The Bertz CT molecular complexity index is 1430. The molecular weight excluding hydrogens is 463 g/mol. The van der Waals surface area contributed by atoms with Crippen LogP contribution in [0.1, 0.15) is 30.1 Å². The summed E-state index contributed by atoms with van der Waals surface area (Å²) in [6.07, 6.45) is 0.405. The summed E-state index contributed by atoms with van der Waals surface area (Å²) < 4.78 is 38.6. The van der Waals surface area contributed by atoms with Gasteiger partial charge in [-0.05, 0) is 48.9 Å². The predicted molar refractivity (Wildman–Crippen MR) is 129 cm³/mol. The van der Waals surface area contributed by atoms with Gasteiger partial charge in [-0.3, -0.25) is 4.79 Å². The fourth-order valence-corrected chi connectivity index (χ4v) is 4.76. The SMILES string of the molecule is CCS(=O)(=O)CCCC(=O)c1ccc2c(-c3ccccc3Cl)nn(-c3ccc(F)cc3)c2c1. The maximum atomic E-state index is 13.5. The van der Waals surface area contributed by atoms with Gasteiger partial charge in [0.15, 0.2) is 5.78 Å². The largest absolute Gasteiger partial charge is 0.294 e. The number of nitrogens with zero attached hydrogens (tertiary/aromatic N) is 2. The van der Waals surface area contributed by atoms with Crippen molar-refractivity contribution in [1.29, 1.82) is 0 Å². The zero-order valence-corrected chi connectivity index (χ0v) is 19.5. The van der Waals surface area contributed by atoms with Crippen molar-refractivity contribution in [1.82, 2.24) is 9.78 Å². The summed E-state index contributed by atoms with van der Waals surface area (Å²) in [4.78, 5) is 12.8. The summed E-state index contributed by atoms with van der Waals surface area (Å²) in [5, 5.41) is 6.08. The van der Waals surface area contributed by atoms with E-state index >= 15 is 0 Å². The highest BCUT2D eigenvalue weighted by molar-refractivity contribution is 7.91. The van der Waals surface area contributed by atoms with Crippen molar-refractivity contribution in [2.75, 3.05) is 11.5 Å². The van der Waals surface area contributed by atoms with E-state index in [2.05, 4.69) is 0 Å². The Hall–Kier alpha value is -3.03. The lowest BCUT2D eigenvalue weighted by molar-refractivity contribution is 0.0982. The third-order valence-electron chi connectivity index (χ3n) is 5.50.